The van der Waals surface area contributed by atoms with Gasteiger partial charge in [-0.15, -0.1) is 0 Å². The van der Waals surface area contributed by atoms with Crippen LogP contribution < -0.4 is 10.6 Å². The lowest BCUT2D eigenvalue weighted by Gasteiger charge is -2.40. The Kier molecular flexibility index (Phi) is 20.4. The number of epoxide rings is 1. The van der Waals surface area contributed by atoms with Crippen molar-refractivity contribution >= 4 is 0 Å². The monoisotopic (exact) mass is 783 g/mol. The molecule has 5 aliphatic rings. The first kappa shape index (κ1) is 45.6. The van der Waals surface area contributed by atoms with Crippen molar-refractivity contribution in [1.82, 2.24) is 10.6 Å². The SMILES string of the molecule is CCCCCCCCCCCCCC[C@@H](O)[C@@H](O)[C@H](COC1OC(CO)C(O)C(O)C1O)C1NCC(CCCCCCCCCC[C@H]2C[C@@H]3C[C@H]2[C@H]2O[C@@H]32)N1. The van der Waals surface area contributed by atoms with Crippen LogP contribution in [0.15, 0.2) is 0 Å². The molecule has 5 rings (SSSR count). The molecule has 0 aromatic rings. The number of aliphatic hydroxyl groups excluding tert-OH is 6. The first-order chi connectivity index (χ1) is 26.8. The molecule has 11 heteroatoms. The van der Waals surface area contributed by atoms with E-state index in [2.05, 4.69) is 17.6 Å². The number of unbranched alkanes of at least 4 members (excludes halogenated alkanes) is 18. The molecule has 0 radical (unpaired) electrons. The van der Waals surface area contributed by atoms with Crippen LogP contribution in [0.4, 0.5) is 0 Å². The number of nitrogens with one attached hydrogen (secondary N) is 2. The van der Waals surface area contributed by atoms with Crippen LogP contribution in [0.5, 0.6) is 0 Å². The van der Waals surface area contributed by atoms with Gasteiger partial charge in [0.15, 0.2) is 6.29 Å². The molecule has 0 aromatic carbocycles. The molecule has 3 aliphatic heterocycles. The topological polar surface area (TPSA) is 176 Å². The summed E-state index contributed by atoms with van der Waals surface area (Å²) in [5.41, 5.74) is 0. The van der Waals surface area contributed by atoms with Crippen LogP contribution in [0.3, 0.4) is 0 Å². The van der Waals surface area contributed by atoms with Gasteiger partial charge in [0.05, 0.1) is 43.8 Å². The quantitative estimate of drug-likeness (QED) is 0.0332. The van der Waals surface area contributed by atoms with E-state index in [4.69, 9.17) is 14.2 Å². The molecule has 0 aromatic heterocycles. The van der Waals surface area contributed by atoms with Gasteiger partial charge in [-0.1, -0.05) is 142 Å². The molecule has 55 heavy (non-hydrogen) atoms. The lowest BCUT2D eigenvalue weighted by Crippen LogP contribution is -2.60. The molecule has 0 spiro atoms. The number of ether oxygens (including phenoxy) is 3. The molecule has 2 saturated carbocycles. The van der Waals surface area contributed by atoms with Crippen molar-refractivity contribution < 1.29 is 44.8 Å². The Bertz CT molecular complexity index is 1030. The summed E-state index contributed by atoms with van der Waals surface area (Å²) in [4.78, 5) is 0. The third kappa shape index (κ3) is 14.1. The number of hydrogen-bond donors (Lipinski definition) is 8. The average Bonchev–Trinajstić information content (AvgIpc) is 3.50. The van der Waals surface area contributed by atoms with Crippen molar-refractivity contribution in [2.24, 2.45) is 23.7 Å². The Balaban J connectivity index is 0.960. The molecule has 7 unspecified atom stereocenters. The lowest BCUT2D eigenvalue weighted by molar-refractivity contribution is -0.305. The maximum absolute atomic E-state index is 11.5. The zero-order valence-corrected chi connectivity index (χ0v) is 34.4. The van der Waals surface area contributed by atoms with Crippen LogP contribution in [-0.2, 0) is 14.2 Å². The molecule has 2 aliphatic carbocycles. The van der Waals surface area contributed by atoms with E-state index in [9.17, 15) is 30.6 Å². The van der Waals surface area contributed by atoms with Gasteiger partial charge in [-0.25, -0.2) is 0 Å². The van der Waals surface area contributed by atoms with E-state index in [0.29, 0.717) is 18.6 Å². The zero-order valence-electron chi connectivity index (χ0n) is 34.4. The predicted octanol–water partition coefficient (Wildman–Crippen LogP) is 5.44. The van der Waals surface area contributed by atoms with Crippen molar-refractivity contribution in [2.75, 3.05) is 19.8 Å². The van der Waals surface area contributed by atoms with Gasteiger partial charge >= 0.3 is 0 Å². The van der Waals surface area contributed by atoms with Crippen molar-refractivity contribution in [1.29, 1.82) is 0 Å². The Morgan fingerprint density at radius 2 is 1.27 bits per heavy atom. The fourth-order valence-electron chi connectivity index (χ4n) is 10.5. The van der Waals surface area contributed by atoms with Crippen LogP contribution in [0, 0.1) is 23.7 Å². The third-order valence-corrected chi connectivity index (χ3v) is 14.0. The molecule has 2 bridgehead atoms. The second-order valence-electron chi connectivity index (χ2n) is 18.3. The van der Waals surface area contributed by atoms with Gasteiger partial charge in [-0.2, -0.15) is 0 Å². The summed E-state index contributed by atoms with van der Waals surface area (Å²) in [6.07, 6.45) is 22.9. The molecule has 3 saturated heterocycles. The molecule has 322 valence electrons. The van der Waals surface area contributed by atoms with Gasteiger partial charge in [-0.3, -0.25) is 10.6 Å². The van der Waals surface area contributed by atoms with Crippen molar-refractivity contribution in [3.05, 3.63) is 0 Å². The van der Waals surface area contributed by atoms with Gasteiger partial charge in [0.25, 0.3) is 0 Å². The summed E-state index contributed by atoms with van der Waals surface area (Å²) in [6.45, 7) is 2.40. The van der Waals surface area contributed by atoms with Crippen molar-refractivity contribution in [3.8, 4) is 0 Å². The molecule has 5 fully saturated rings. The first-order valence-corrected chi connectivity index (χ1v) is 23.3. The molecule has 3 heterocycles. The van der Waals surface area contributed by atoms with Gasteiger partial charge in [0.1, 0.15) is 24.4 Å². The fourth-order valence-corrected chi connectivity index (χ4v) is 10.5. The number of hydrogen-bond acceptors (Lipinski definition) is 11. The van der Waals surface area contributed by atoms with Gasteiger partial charge in [0, 0.05) is 18.5 Å². The minimum Gasteiger partial charge on any atom is -0.394 e. The molecular weight excluding hydrogens is 700 g/mol. The largest absolute Gasteiger partial charge is 0.394 e. The Morgan fingerprint density at radius 3 is 1.87 bits per heavy atom. The molecule has 11 nitrogen and oxygen atoms in total. The summed E-state index contributed by atoms with van der Waals surface area (Å²) in [5.74, 6) is 2.15. The minimum atomic E-state index is -1.54. The predicted molar refractivity (Wildman–Crippen MR) is 214 cm³/mol. The minimum absolute atomic E-state index is 0.0616. The molecule has 0 amide bonds. The zero-order chi connectivity index (χ0) is 39.0. The average molecular weight is 783 g/mol. The number of aliphatic hydroxyl groups is 6. The van der Waals surface area contributed by atoms with Crippen LogP contribution >= 0.6 is 0 Å². The summed E-state index contributed by atoms with van der Waals surface area (Å²) in [6, 6.07) is 0.239. The third-order valence-electron chi connectivity index (χ3n) is 14.0. The summed E-state index contributed by atoms with van der Waals surface area (Å²) in [5, 5.41) is 70.4. The van der Waals surface area contributed by atoms with Gasteiger partial charge in [0.2, 0.25) is 0 Å². The maximum atomic E-state index is 11.5. The Morgan fingerprint density at radius 1 is 0.673 bits per heavy atom. The Hall–Kier alpha value is -0.440. The maximum Gasteiger partial charge on any atom is 0.186 e. The first-order valence-electron chi connectivity index (χ1n) is 23.3. The van der Waals surface area contributed by atoms with Crippen LogP contribution in [0.1, 0.15) is 167 Å². The fraction of sp³-hybridized carbons (Fsp3) is 1.00. The molecular formula is C44H82N2O9. The van der Waals surface area contributed by atoms with Crippen LogP contribution in [0.2, 0.25) is 0 Å². The van der Waals surface area contributed by atoms with Crippen molar-refractivity contribution in [2.45, 2.75) is 235 Å². The molecule has 15 atom stereocenters. The standard InChI is InChI=1S/C44H82N2O9/c1-2-3-4-5-6-7-8-9-10-15-18-21-24-35(48)37(49)34(29-53-44-40(52)39(51)38(50)36(28-47)54-44)43-45-27-32(46-43)23-20-17-14-12-11-13-16-19-22-30-25-31-26-33(30)42-41(31)55-42/h30-52H,2-29H2,1H3/t30-,31+,32?,33+,34-,35+,36?,37-,38?,39?,40?,41-,42+,43?,44?/m0/s1. The normalized spacial score (nSPS) is 35.6. The van der Waals surface area contributed by atoms with Crippen molar-refractivity contribution in [3.63, 3.8) is 0 Å². The van der Waals surface area contributed by atoms with Crippen LogP contribution in [0.25, 0.3) is 0 Å². The highest BCUT2D eigenvalue weighted by atomic mass is 16.7. The highest BCUT2D eigenvalue weighted by Crippen LogP contribution is 2.59. The van der Waals surface area contributed by atoms with E-state index < -0.39 is 55.4 Å². The summed E-state index contributed by atoms with van der Waals surface area (Å²) < 4.78 is 17.4. The van der Waals surface area contributed by atoms with E-state index in [1.807, 2.05) is 0 Å². The van der Waals surface area contributed by atoms with E-state index in [0.717, 1.165) is 56.4 Å². The second-order valence-corrected chi connectivity index (χ2v) is 18.3. The summed E-state index contributed by atoms with van der Waals surface area (Å²) in [7, 11) is 0. The van der Waals surface area contributed by atoms with Gasteiger partial charge in [-0.05, 0) is 43.4 Å². The number of fused-ring (bicyclic) bond motifs is 5. The summed E-state index contributed by atoms with van der Waals surface area (Å²) >= 11 is 0. The van der Waals surface area contributed by atoms with Crippen LogP contribution in [-0.4, -0.2) is 118 Å². The smallest absolute Gasteiger partial charge is 0.186 e. The molecule has 8 N–H and O–H groups in total. The second kappa shape index (κ2) is 24.6. The number of rotatable bonds is 31. The highest BCUT2D eigenvalue weighted by Gasteiger charge is 2.62. The Labute approximate surface area is 333 Å². The highest BCUT2D eigenvalue weighted by molar-refractivity contribution is 5.10. The lowest BCUT2D eigenvalue weighted by atomic mass is 9.85. The van der Waals surface area contributed by atoms with E-state index in [-0.39, 0.29) is 18.8 Å². The van der Waals surface area contributed by atoms with Gasteiger partial charge < -0.3 is 44.8 Å². The van der Waals surface area contributed by atoms with E-state index >= 15 is 0 Å². The van der Waals surface area contributed by atoms with E-state index in [1.54, 1.807) is 0 Å². The van der Waals surface area contributed by atoms with E-state index in [1.165, 1.54) is 122 Å².